The Bertz CT molecular complexity index is 751. The molecular formula is C32H54N2O4. The second-order valence-corrected chi connectivity index (χ2v) is 10.7. The molecule has 216 valence electrons. The van der Waals surface area contributed by atoms with Gasteiger partial charge in [-0.15, -0.1) is 0 Å². The van der Waals surface area contributed by atoms with E-state index in [9.17, 15) is 14.4 Å². The highest BCUT2D eigenvalue weighted by atomic mass is 16.5. The Morgan fingerprint density at radius 1 is 0.737 bits per heavy atom. The number of hydrogen-bond acceptors (Lipinski definition) is 4. The second-order valence-electron chi connectivity index (χ2n) is 10.7. The summed E-state index contributed by atoms with van der Waals surface area (Å²) in [6.07, 6.45) is 18.6. The first kappa shape index (κ1) is 33.7. The first-order chi connectivity index (χ1) is 18.4. The molecule has 1 aromatic rings. The van der Waals surface area contributed by atoms with Crippen molar-refractivity contribution < 1.29 is 19.1 Å². The maximum Gasteiger partial charge on any atom is 0.328 e. The fraction of sp³-hybridized carbons (Fsp3) is 0.719. The van der Waals surface area contributed by atoms with Gasteiger partial charge in [0.25, 0.3) is 5.91 Å². The van der Waals surface area contributed by atoms with Crippen LogP contribution in [0.15, 0.2) is 30.3 Å². The molecule has 0 radical (unpaired) electrons. The summed E-state index contributed by atoms with van der Waals surface area (Å²) in [5.74, 6) is -0.573. The van der Waals surface area contributed by atoms with Gasteiger partial charge in [0.05, 0.1) is 6.10 Å². The van der Waals surface area contributed by atoms with Crippen LogP contribution in [0.3, 0.4) is 0 Å². The monoisotopic (exact) mass is 530 g/mol. The van der Waals surface area contributed by atoms with E-state index in [1.807, 2.05) is 32.0 Å². The van der Waals surface area contributed by atoms with E-state index in [1.54, 1.807) is 12.1 Å². The van der Waals surface area contributed by atoms with Crippen LogP contribution < -0.4 is 10.6 Å². The summed E-state index contributed by atoms with van der Waals surface area (Å²) in [7, 11) is 0. The van der Waals surface area contributed by atoms with E-state index in [0.717, 1.165) is 25.7 Å². The number of nitrogens with one attached hydrogen (secondary N) is 2. The van der Waals surface area contributed by atoms with Crippen LogP contribution in [0.25, 0.3) is 0 Å². The average Bonchev–Trinajstić information content (AvgIpc) is 2.90. The zero-order chi connectivity index (χ0) is 27.8. The minimum atomic E-state index is -0.642. The zero-order valence-electron chi connectivity index (χ0n) is 24.4. The minimum absolute atomic E-state index is 0.0869. The molecule has 1 rings (SSSR count). The summed E-state index contributed by atoms with van der Waals surface area (Å²) < 4.78 is 5.37. The Balaban J connectivity index is 2.18. The maximum absolute atomic E-state index is 12.5. The van der Waals surface area contributed by atoms with Gasteiger partial charge >= 0.3 is 5.97 Å². The topological polar surface area (TPSA) is 84.5 Å². The van der Waals surface area contributed by atoms with Gasteiger partial charge in [-0.05, 0) is 51.7 Å². The van der Waals surface area contributed by atoms with Crippen molar-refractivity contribution >= 4 is 17.8 Å². The molecule has 0 fully saturated rings. The molecule has 0 aliphatic carbocycles. The summed E-state index contributed by atoms with van der Waals surface area (Å²) in [4.78, 5) is 37.2. The van der Waals surface area contributed by atoms with E-state index < -0.39 is 6.04 Å². The Labute approximate surface area is 232 Å². The number of ether oxygens (including phenoxy) is 1. The van der Waals surface area contributed by atoms with Crippen molar-refractivity contribution in [3.05, 3.63) is 35.9 Å². The van der Waals surface area contributed by atoms with Gasteiger partial charge in [-0.3, -0.25) is 9.59 Å². The molecule has 6 heteroatoms. The Morgan fingerprint density at radius 3 is 1.84 bits per heavy atom. The Hall–Kier alpha value is -2.37. The number of unbranched alkanes of at least 4 members (excludes halogenated alkanes) is 13. The molecule has 2 amide bonds. The van der Waals surface area contributed by atoms with Crippen LogP contribution in [0.5, 0.6) is 0 Å². The van der Waals surface area contributed by atoms with E-state index in [-0.39, 0.29) is 23.9 Å². The molecule has 1 unspecified atom stereocenters. The minimum Gasteiger partial charge on any atom is -0.461 e. The van der Waals surface area contributed by atoms with Gasteiger partial charge < -0.3 is 15.4 Å². The van der Waals surface area contributed by atoms with Crippen molar-refractivity contribution in [1.29, 1.82) is 0 Å². The number of carbonyl (C=O) groups excluding carboxylic acids is 3. The number of amides is 2. The maximum atomic E-state index is 12.5. The highest BCUT2D eigenvalue weighted by Crippen LogP contribution is 2.13. The van der Waals surface area contributed by atoms with Gasteiger partial charge in [-0.2, -0.15) is 0 Å². The summed E-state index contributed by atoms with van der Waals surface area (Å²) in [6.45, 7) is 6.40. The molecule has 2 N–H and O–H groups in total. The van der Waals surface area contributed by atoms with Gasteiger partial charge in [0.15, 0.2) is 0 Å². The van der Waals surface area contributed by atoms with Crippen LogP contribution in [0.4, 0.5) is 0 Å². The highest BCUT2D eigenvalue weighted by Gasteiger charge is 2.22. The van der Waals surface area contributed by atoms with Gasteiger partial charge in [-0.1, -0.05) is 102 Å². The quantitative estimate of drug-likeness (QED) is 0.113. The summed E-state index contributed by atoms with van der Waals surface area (Å²) in [6, 6.07) is 8.46. The van der Waals surface area contributed by atoms with E-state index in [4.69, 9.17) is 4.74 Å². The van der Waals surface area contributed by atoms with Crippen molar-refractivity contribution in [2.24, 2.45) is 0 Å². The number of carbonyl (C=O) groups is 3. The molecule has 0 heterocycles. The van der Waals surface area contributed by atoms with Crippen molar-refractivity contribution in [1.82, 2.24) is 10.6 Å². The lowest BCUT2D eigenvalue weighted by molar-refractivity contribution is -0.151. The fourth-order valence-corrected chi connectivity index (χ4v) is 4.50. The first-order valence-corrected chi connectivity index (χ1v) is 15.3. The predicted octanol–water partition coefficient (Wildman–Crippen LogP) is 7.50. The Kier molecular flexibility index (Phi) is 20.0. The van der Waals surface area contributed by atoms with Gasteiger partial charge in [-0.25, -0.2) is 4.79 Å². The normalized spacial score (nSPS) is 11.8. The lowest BCUT2D eigenvalue weighted by Crippen LogP contribution is -2.42. The van der Waals surface area contributed by atoms with E-state index in [1.165, 1.54) is 64.2 Å². The summed E-state index contributed by atoms with van der Waals surface area (Å²) >= 11 is 0. The molecule has 1 atom stereocenters. The van der Waals surface area contributed by atoms with Crippen LogP contribution in [0.2, 0.25) is 0 Å². The first-order valence-electron chi connectivity index (χ1n) is 15.3. The van der Waals surface area contributed by atoms with Crippen molar-refractivity contribution in [3.8, 4) is 0 Å². The van der Waals surface area contributed by atoms with Crippen LogP contribution in [0, 0.1) is 0 Å². The molecular weight excluding hydrogens is 476 g/mol. The van der Waals surface area contributed by atoms with Gasteiger partial charge in [0.2, 0.25) is 5.91 Å². The van der Waals surface area contributed by atoms with Crippen LogP contribution in [-0.4, -0.2) is 36.5 Å². The lowest BCUT2D eigenvalue weighted by Gasteiger charge is -2.19. The fourth-order valence-electron chi connectivity index (χ4n) is 4.50. The lowest BCUT2D eigenvalue weighted by atomic mass is 10.0. The predicted molar refractivity (Wildman–Crippen MR) is 156 cm³/mol. The van der Waals surface area contributed by atoms with Gasteiger partial charge in [0, 0.05) is 18.5 Å². The molecule has 0 saturated heterocycles. The SMILES string of the molecule is CCCCCCCCCCCCCCCC(=O)NC(CCCCNC(=O)c1ccccc1)C(=O)OC(C)C. The average molecular weight is 531 g/mol. The highest BCUT2D eigenvalue weighted by molar-refractivity contribution is 5.94. The number of rotatable bonds is 23. The molecule has 0 aromatic heterocycles. The molecule has 0 bridgehead atoms. The number of esters is 1. The van der Waals surface area contributed by atoms with E-state index in [0.29, 0.717) is 31.4 Å². The zero-order valence-corrected chi connectivity index (χ0v) is 24.4. The third-order valence-corrected chi connectivity index (χ3v) is 6.72. The smallest absolute Gasteiger partial charge is 0.328 e. The standard InChI is InChI=1S/C32H54N2O4/c1-4-5-6-7-8-9-10-11-12-13-14-15-19-25-30(35)34-29(32(37)38-27(2)3)24-20-21-26-33-31(36)28-22-17-16-18-23-28/h16-18,22-23,27,29H,4-15,19-21,24-26H2,1-3H3,(H,33,36)(H,34,35). The largest absolute Gasteiger partial charge is 0.461 e. The summed E-state index contributed by atoms with van der Waals surface area (Å²) in [5.41, 5.74) is 0.631. The number of hydrogen-bond donors (Lipinski definition) is 2. The van der Waals surface area contributed by atoms with Crippen molar-refractivity contribution in [2.75, 3.05) is 6.54 Å². The van der Waals surface area contributed by atoms with Crippen molar-refractivity contribution in [2.45, 2.75) is 142 Å². The second kappa shape index (κ2) is 22.6. The van der Waals surface area contributed by atoms with Crippen LogP contribution >= 0.6 is 0 Å². The van der Waals surface area contributed by atoms with Gasteiger partial charge in [0.1, 0.15) is 6.04 Å². The summed E-state index contributed by atoms with van der Waals surface area (Å²) in [5, 5.41) is 5.79. The number of benzene rings is 1. The van der Waals surface area contributed by atoms with Crippen LogP contribution in [0.1, 0.15) is 140 Å². The molecule has 0 aliphatic heterocycles. The third kappa shape index (κ3) is 18.0. The molecule has 1 aromatic carbocycles. The molecule has 38 heavy (non-hydrogen) atoms. The van der Waals surface area contributed by atoms with E-state index >= 15 is 0 Å². The Morgan fingerprint density at radius 2 is 1.29 bits per heavy atom. The molecule has 0 saturated carbocycles. The third-order valence-electron chi connectivity index (χ3n) is 6.72. The van der Waals surface area contributed by atoms with Crippen molar-refractivity contribution in [3.63, 3.8) is 0 Å². The molecule has 0 aliphatic rings. The van der Waals surface area contributed by atoms with Crippen LogP contribution in [-0.2, 0) is 14.3 Å². The molecule has 6 nitrogen and oxygen atoms in total. The molecule has 0 spiro atoms. The van der Waals surface area contributed by atoms with E-state index in [2.05, 4.69) is 17.6 Å².